The predicted octanol–water partition coefficient (Wildman–Crippen LogP) is 4.28. The first-order valence-corrected chi connectivity index (χ1v) is 7.22. The molecule has 0 heterocycles. The van der Waals surface area contributed by atoms with Crippen LogP contribution in [0.4, 0.5) is 0 Å². The van der Waals surface area contributed by atoms with E-state index in [1.165, 1.54) is 16.3 Å². The maximum Gasteiger partial charge on any atom is 0.0297 e. The van der Waals surface area contributed by atoms with Crippen LogP contribution in [0.3, 0.4) is 0 Å². The third-order valence-corrected chi connectivity index (χ3v) is 3.61. The molecule has 17 heavy (non-hydrogen) atoms. The summed E-state index contributed by atoms with van der Waals surface area (Å²) in [7, 11) is 0. The molecule has 0 unspecified atom stereocenters. The van der Waals surface area contributed by atoms with Gasteiger partial charge in [-0.1, -0.05) is 58.4 Å². The van der Waals surface area contributed by atoms with Crippen molar-refractivity contribution in [3.63, 3.8) is 0 Å². The Hall–Kier alpha value is -0.860. The average molecular weight is 292 g/mol. The van der Waals surface area contributed by atoms with Crippen molar-refractivity contribution in [2.75, 3.05) is 11.9 Å². The van der Waals surface area contributed by atoms with Gasteiger partial charge >= 0.3 is 0 Å². The number of alkyl halides is 1. The molecule has 0 amide bonds. The Balaban J connectivity index is 2.22. The van der Waals surface area contributed by atoms with Gasteiger partial charge in [-0.25, -0.2) is 0 Å². The van der Waals surface area contributed by atoms with Gasteiger partial charge in [-0.05, 0) is 36.2 Å². The van der Waals surface area contributed by atoms with E-state index in [0.717, 1.165) is 18.3 Å². The van der Waals surface area contributed by atoms with E-state index in [9.17, 15) is 0 Å². The maximum absolute atomic E-state index is 3.56. The van der Waals surface area contributed by atoms with Crippen molar-refractivity contribution in [2.45, 2.75) is 19.4 Å². The summed E-state index contributed by atoms with van der Waals surface area (Å²) in [4.78, 5) is 0. The topological polar surface area (TPSA) is 12.0 Å². The van der Waals surface area contributed by atoms with Gasteiger partial charge in [0, 0.05) is 11.4 Å². The molecule has 2 aromatic rings. The lowest BCUT2D eigenvalue weighted by atomic mass is 10.00. The summed E-state index contributed by atoms with van der Waals surface area (Å²) in [6.45, 7) is 3.28. The van der Waals surface area contributed by atoms with Crippen LogP contribution in [0, 0.1) is 0 Å². The van der Waals surface area contributed by atoms with Crippen LogP contribution in [-0.4, -0.2) is 11.9 Å². The Morgan fingerprint density at radius 2 is 1.88 bits per heavy atom. The second kappa shape index (κ2) is 6.18. The Morgan fingerprint density at radius 3 is 2.71 bits per heavy atom. The van der Waals surface area contributed by atoms with E-state index in [4.69, 9.17) is 0 Å². The molecule has 2 heteroatoms. The second-order valence-corrected chi connectivity index (χ2v) is 5.08. The fourth-order valence-corrected chi connectivity index (χ4v) is 2.40. The molecule has 0 aliphatic heterocycles. The van der Waals surface area contributed by atoms with Gasteiger partial charge in [0.2, 0.25) is 0 Å². The first-order chi connectivity index (χ1) is 8.33. The minimum absolute atomic E-state index is 0.403. The SMILES string of the molecule is C[C@@H](NCCCBr)c1cccc2ccccc12. The summed E-state index contributed by atoms with van der Waals surface area (Å²) < 4.78 is 0. The number of halogens is 1. The lowest BCUT2D eigenvalue weighted by Gasteiger charge is -2.16. The summed E-state index contributed by atoms with van der Waals surface area (Å²) in [5.41, 5.74) is 1.39. The number of rotatable bonds is 5. The number of nitrogens with one attached hydrogen (secondary N) is 1. The number of benzene rings is 2. The number of hydrogen-bond donors (Lipinski definition) is 1. The van der Waals surface area contributed by atoms with Crippen LogP contribution in [0.2, 0.25) is 0 Å². The summed E-state index contributed by atoms with van der Waals surface area (Å²) in [6, 6.07) is 15.5. The second-order valence-electron chi connectivity index (χ2n) is 4.29. The number of hydrogen-bond acceptors (Lipinski definition) is 1. The van der Waals surface area contributed by atoms with E-state index in [1.54, 1.807) is 0 Å². The van der Waals surface area contributed by atoms with Gasteiger partial charge < -0.3 is 5.32 Å². The van der Waals surface area contributed by atoms with E-state index in [0.29, 0.717) is 6.04 Å². The highest BCUT2D eigenvalue weighted by Gasteiger charge is 2.07. The van der Waals surface area contributed by atoms with E-state index >= 15 is 0 Å². The molecule has 0 saturated heterocycles. The van der Waals surface area contributed by atoms with Crippen LogP contribution in [0.1, 0.15) is 24.9 Å². The van der Waals surface area contributed by atoms with Gasteiger partial charge in [0.15, 0.2) is 0 Å². The lowest BCUT2D eigenvalue weighted by molar-refractivity contribution is 0.576. The minimum atomic E-state index is 0.403. The van der Waals surface area contributed by atoms with E-state index in [1.807, 2.05) is 0 Å². The minimum Gasteiger partial charge on any atom is -0.310 e. The summed E-state index contributed by atoms with van der Waals surface area (Å²) in [5, 5.41) is 7.29. The monoisotopic (exact) mass is 291 g/mol. The molecule has 0 aromatic heterocycles. The van der Waals surface area contributed by atoms with E-state index in [-0.39, 0.29) is 0 Å². The molecule has 1 nitrogen and oxygen atoms in total. The van der Waals surface area contributed by atoms with Crippen molar-refractivity contribution in [3.8, 4) is 0 Å². The fourth-order valence-electron chi connectivity index (χ4n) is 2.12. The first-order valence-electron chi connectivity index (χ1n) is 6.10. The van der Waals surface area contributed by atoms with Crippen LogP contribution in [-0.2, 0) is 0 Å². The molecular formula is C15H18BrN. The van der Waals surface area contributed by atoms with Crippen LogP contribution in [0.25, 0.3) is 10.8 Å². The van der Waals surface area contributed by atoms with Crippen LogP contribution < -0.4 is 5.32 Å². The van der Waals surface area contributed by atoms with Crippen molar-refractivity contribution in [3.05, 3.63) is 48.0 Å². The van der Waals surface area contributed by atoms with E-state index < -0.39 is 0 Å². The Labute approximate surface area is 111 Å². The van der Waals surface area contributed by atoms with Gasteiger partial charge in [-0.3, -0.25) is 0 Å². The van der Waals surface area contributed by atoms with E-state index in [2.05, 4.69) is 70.6 Å². The molecule has 1 atom stereocenters. The molecule has 2 rings (SSSR count). The zero-order valence-electron chi connectivity index (χ0n) is 10.1. The highest BCUT2D eigenvalue weighted by atomic mass is 79.9. The smallest absolute Gasteiger partial charge is 0.0297 e. The molecular weight excluding hydrogens is 274 g/mol. The third-order valence-electron chi connectivity index (χ3n) is 3.05. The summed E-state index contributed by atoms with van der Waals surface area (Å²) in [5.74, 6) is 0. The molecule has 0 fully saturated rings. The normalized spacial score (nSPS) is 12.8. The van der Waals surface area contributed by atoms with Crippen LogP contribution in [0.5, 0.6) is 0 Å². The standard InChI is InChI=1S/C15H18BrN/c1-12(17-11-5-10-16)14-9-4-7-13-6-2-3-8-15(13)14/h2-4,6-9,12,17H,5,10-11H2,1H3/t12-/m1/s1. The van der Waals surface area contributed by atoms with Crippen LogP contribution >= 0.6 is 15.9 Å². The highest BCUT2D eigenvalue weighted by molar-refractivity contribution is 9.09. The molecule has 0 aliphatic carbocycles. The first kappa shape index (κ1) is 12.6. The third kappa shape index (κ3) is 3.08. The van der Waals surface area contributed by atoms with Gasteiger partial charge in [0.05, 0.1) is 0 Å². The Morgan fingerprint density at radius 1 is 1.12 bits per heavy atom. The molecule has 0 aliphatic rings. The maximum atomic E-state index is 3.56. The average Bonchev–Trinajstić information content (AvgIpc) is 2.38. The zero-order valence-corrected chi connectivity index (χ0v) is 11.7. The zero-order chi connectivity index (χ0) is 12.1. The van der Waals surface area contributed by atoms with Crippen molar-refractivity contribution in [1.82, 2.24) is 5.32 Å². The highest BCUT2D eigenvalue weighted by Crippen LogP contribution is 2.23. The number of fused-ring (bicyclic) bond motifs is 1. The van der Waals surface area contributed by atoms with Gasteiger partial charge in [0.25, 0.3) is 0 Å². The molecule has 90 valence electrons. The molecule has 0 saturated carbocycles. The van der Waals surface area contributed by atoms with Crippen molar-refractivity contribution >= 4 is 26.7 Å². The van der Waals surface area contributed by atoms with Gasteiger partial charge in [0.1, 0.15) is 0 Å². The lowest BCUT2D eigenvalue weighted by Crippen LogP contribution is -2.20. The van der Waals surface area contributed by atoms with Crippen molar-refractivity contribution < 1.29 is 0 Å². The Kier molecular flexibility index (Phi) is 4.57. The van der Waals surface area contributed by atoms with Gasteiger partial charge in [-0.2, -0.15) is 0 Å². The summed E-state index contributed by atoms with van der Waals surface area (Å²) >= 11 is 3.46. The predicted molar refractivity (Wildman–Crippen MR) is 78.8 cm³/mol. The molecule has 0 bridgehead atoms. The summed E-state index contributed by atoms with van der Waals surface area (Å²) in [6.07, 6.45) is 1.16. The quantitative estimate of drug-likeness (QED) is 0.641. The Bertz CT molecular complexity index is 476. The molecule has 0 spiro atoms. The molecule has 2 aromatic carbocycles. The van der Waals surface area contributed by atoms with Crippen molar-refractivity contribution in [1.29, 1.82) is 0 Å². The largest absolute Gasteiger partial charge is 0.310 e. The van der Waals surface area contributed by atoms with Crippen LogP contribution in [0.15, 0.2) is 42.5 Å². The fraction of sp³-hybridized carbons (Fsp3) is 0.333. The van der Waals surface area contributed by atoms with Gasteiger partial charge in [-0.15, -0.1) is 0 Å². The van der Waals surface area contributed by atoms with Crippen molar-refractivity contribution in [2.24, 2.45) is 0 Å². The molecule has 0 radical (unpaired) electrons. The molecule has 1 N–H and O–H groups in total.